The van der Waals surface area contributed by atoms with Crippen LogP contribution in [0.2, 0.25) is 0 Å². The van der Waals surface area contributed by atoms with Gasteiger partial charge in [0.15, 0.2) is 12.0 Å². The SMILES string of the molecule is CCCCOC(=O)[C@H](C)NP(=O)(Oc1cccc2ccccc12)O[C@H](C)[C@H]1O[C@@H](n2cc(F)c3c(C)ncnc32)[C@](C)(O)[C@@H]1O. The second-order valence-electron chi connectivity index (χ2n) is 11.4. The summed E-state index contributed by atoms with van der Waals surface area (Å²) in [7, 11) is -4.42. The van der Waals surface area contributed by atoms with E-state index in [1.807, 2.05) is 25.1 Å². The molecule has 1 aliphatic rings. The van der Waals surface area contributed by atoms with Crippen molar-refractivity contribution in [2.75, 3.05) is 6.61 Å². The number of aliphatic hydroxyl groups excluding tert-OH is 1. The number of carbonyl (C=O) groups is 1. The van der Waals surface area contributed by atoms with Crippen molar-refractivity contribution < 1.29 is 42.5 Å². The first-order valence-corrected chi connectivity index (χ1v) is 16.3. The van der Waals surface area contributed by atoms with E-state index >= 15 is 0 Å². The summed E-state index contributed by atoms with van der Waals surface area (Å²) in [5.41, 5.74) is -1.40. The molecule has 14 heteroatoms. The molecule has 2 aromatic heterocycles. The molecule has 1 saturated heterocycles. The fourth-order valence-corrected chi connectivity index (χ4v) is 7.12. The van der Waals surface area contributed by atoms with Crippen molar-refractivity contribution in [1.29, 1.82) is 0 Å². The van der Waals surface area contributed by atoms with E-state index in [4.69, 9.17) is 18.5 Å². The summed E-state index contributed by atoms with van der Waals surface area (Å²) in [6.45, 7) is 8.08. The molecule has 3 N–H and O–H groups in total. The summed E-state index contributed by atoms with van der Waals surface area (Å²) in [5, 5.41) is 26.9. The number of carbonyl (C=O) groups excluding carboxylic acids is 1. The first kappa shape index (κ1) is 32.9. The first-order valence-electron chi connectivity index (χ1n) is 14.8. The monoisotopic (exact) mass is 644 g/mol. The lowest BCUT2D eigenvalue weighted by Gasteiger charge is -2.30. The summed E-state index contributed by atoms with van der Waals surface area (Å²) in [6.07, 6.45) is -1.47. The Balaban J connectivity index is 1.44. The zero-order valence-electron chi connectivity index (χ0n) is 25.7. The molecule has 5 rings (SSSR count). The van der Waals surface area contributed by atoms with Crippen LogP contribution in [0.3, 0.4) is 0 Å². The lowest BCUT2D eigenvalue weighted by Crippen LogP contribution is -2.46. The minimum atomic E-state index is -4.42. The van der Waals surface area contributed by atoms with Crippen molar-refractivity contribution >= 4 is 35.5 Å². The normalized spacial score (nSPS) is 24.4. The maximum atomic E-state index is 14.9. The molecule has 0 aliphatic carbocycles. The van der Waals surface area contributed by atoms with Gasteiger partial charge in [-0.05, 0) is 45.6 Å². The Hall–Kier alpha value is -3.45. The Morgan fingerprint density at radius 3 is 2.71 bits per heavy atom. The minimum Gasteiger partial charge on any atom is -0.465 e. The fourth-order valence-electron chi connectivity index (χ4n) is 5.41. The van der Waals surface area contributed by atoms with Crippen LogP contribution in [-0.2, 0) is 23.4 Å². The van der Waals surface area contributed by atoms with Crippen molar-refractivity contribution in [3.63, 3.8) is 0 Å². The number of nitrogens with zero attached hydrogens (tertiary/aromatic N) is 3. The maximum absolute atomic E-state index is 14.9. The number of aromatic nitrogens is 3. The summed E-state index contributed by atoms with van der Waals surface area (Å²) in [6, 6.07) is 11.4. The Kier molecular flexibility index (Phi) is 9.60. The molecule has 45 heavy (non-hydrogen) atoms. The molecule has 0 amide bonds. The van der Waals surface area contributed by atoms with Gasteiger partial charge in [-0.3, -0.25) is 13.9 Å². The zero-order chi connectivity index (χ0) is 32.5. The third-order valence-electron chi connectivity index (χ3n) is 7.88. The van der Waals surface area contributed by atoms with Crippen LogP contribution in [0.4, 0.5) is 4.39 Å². The molecule has 1 unspecified atom stereocenters. The second-order valence-corrected chi connectivity index (χ2v) is 13.1. The Labute approximate surface area is 260 Å². The van der Waals surface area contributed by atoms with Crippen molar-refractivity contribution in [2.24, 2.45) is 0 Å². The number of fused-ring (bicyclic) bond motifs is 2. The molecular formula is C31H38FN4O8P. The summed E-state index contributed by atoms with van der Waals surface area (Å²) in [5.74, 6) is -1.05. The number of ether oxygens (including phenoxy) is 2. The smallest absolute Gasteiger partial charge is 0.459 e. The van der Waals surface area contributed by atoms with Gasteiger partial charge in [-0.2, -0.15) is 5.09 Å². The average molecular weight is 645 g/mol. The number of hydrogen-bond acceptors (Lipinski definition) is 10. The highest BCUT2D eigenvalue weighted by molar-refractivity contribution is 7.52. The Bertz CT molecular complexity index is 1730. The van der Waals surface area contributed by atoms with Gasteiger partial charge in [0, 0.05) is 11.6 Å². The maximum Gasteiger partial charge on any atom is 0.459 e. The topological polar surface area (TPSA) is 154 Å². The molecule has 242 valence electrons. The van der Waals surface area contributed by atoms with Crippen molar-refractivity contribution in [3.8, 4) is 5.75 Å². The third-order valence-corrected chi connectivity index (χ3v) is 9.64. The quantitative estimate of drug-likeness (QED) is 0.109. The molecule has 7 atom stereocenters. The number of benzene rings is 2. The van der Waals surface area contributed by atoms with Crippen molar-refractivity contribution in [1.82, 2.24) is 19.6 Å². The predicted molar refractivity (Wildman–Crippen MR) is 164 cm³/mol. The highest BCUT2D eigenvalue weighted by atomic mass is 31.2. The van der Waals surface area contributed by atoms with Gasteiger partial charge >= 0.3 is 13.7 Å². The van der Waals surface area contributed by atoms with E-state index in [0.29, 0.717) is 17.5 Å². The second kappa shape index (κ2) is 13.1. The van der Waals surface area contributed by atoms with Gasteiger partial charge in [0.1, 0.15) is 41.6 Å². The molecule has 2 aromatic carbocycles. The molecular weight excluding hydrogens is 606 g/mol. The van der Waals surface area contributed by atoms with Gasteiger partial charge in [0.2, 0.25) is 0 Å². The van der Waals surface area contributed by atoms with Crippen LogP contribution in [0.5, 0.6) is 5.75 Å². The van der Waals surface area contributed by atoms with Crippen LogP contribution in [0, 0.1) is 12.7 Å². The number of rotatable bonds is 12. The molecule has 3 heterocycles. The average Bonchev–Trinajstić information content (AvgIpc) is 3.45. The highest BCUT2D eigenvalue weighted by Crippen LogP contribution is 2.50. The standard InChI is InChI=1S/C31H38FN4O8P/c1-6-7-15-41-29(38)19(3)35-45(40,44-24-14-10-12-21-11-8-9-13-22(21)24)43-20(4)26-27(37)31(5,39)30(42-26)36-16-23(32)25-18(2)33-17-34-28(25)36/h8-14,16-17,19-20,26-27,30,37,39H,6-7,15H2,1-5H3,(H,35,40)/t19-,20+,26+,27+,30+,31+,45?/m0/s1. The number of unbranched alkanes of at least 4 members (excludes halogenated alkanes) is 1. The molecule has 0 spiro atoms. The minimum absolute atomic E-state index is 0.149. The van der Waals surface area contributed by atoms with Crippen LogP contribution in [0.25, 0.3) is 21.8 Å². The highest BCUT2D eigenvalue weighted by Gasteiger charge is 2.56. The van der Waals surface area contributed by atoms with Crippen LogP contribution in [0.15, 0.2) is 55.0 Å². The lowest BCUT2D eigenvalue weighted by molar-refractivity contribution is -0.145. The van der Waals surface area contributed by atoms with Gasteiger partial charge in [0.05, 0.1) is 23.8 Å². The van der Waals surface area contributed by atoms with E-state index < -0.39 is 55.7 Å². The number of hydrogen-bond donors (Lipinski definition) is 3. The Morgan fingerprint density at radius 1 is 1.22 bits per heavy atom. The summed E-state index contributed by atoms with van der Waals surface area (Å²) in [4.78, 5) is 20.9. The number of halogens is 1. The number of aliphatic hydroxyl groups is 2. The van der Waals surface area contributed by atoms with E-state index in [-0.39, 0.29) is 23.4 Å². The van der Waals surface area contributed by atoms with E-state index in [2.05, 4.69) is 15.1 Å². The van der Waals surface area contributed by atoms with Gasteiger partial charge in [-0.1, -0.05) is 49.7 Å². The molecule has 0 radical (unpaired) electrons. The van der Waals surface area contributed by atoms with E-state index in [9.17, 15) is 24.0 Å². The first-order chi connectivity index (χ1) is 21.4. The zero-order valence-corrected chi connectivity index (χ0v) is 26.6. The van der Waals surface area contributed by atoms with Crippen LogP contribution in [0.1, 0.15) is 52.5 Å². The van der Waals surface area contributed by atoms with E-state index in [1.165, 1.54) is 31.7 Å². The van der Waals surface area contributed by atoms with E-state index in [1.54, 1.807) is 31.2 Å². The lowest BCUT2D eigenvalue weighted by atomic mass is 9.94. The van der Waals surface area contributed by atoms with Crippen LogP contribution in [-0.4, -0.2) is 67.3 Å². The molecule has 0 bridgehead atoms. The summed E-state index contributed by atoms with van der Waals surface area (Å²) < 4.78 is 54.0. The van der Waals surface area contributed by atoms with Crippen LogP contribution < -0.4 is 9.61 Å². The van der Waals surface area contributed by atoms with Gasteiger partial charge in [-0.25, -0.2) is 18.9 Å². The molecule has 12 nitrogen and oxygen atoms in total. The Morgan fingerprint density at radius 2 is 1.96 bits per heavy atom. The number of aryl methyl sites for hydroxylation is 1. The van der Waals surface area contributed by atoms with E-state index in [0.717, 1.165) is 18.0 Å². The molecule has 1 aliphatic heterocycles. The number of nitrogens with one attached hydrogen (secondary N) is 1. The fraction of sp³-hybridized carbons (Fsp3) is 0.452. The predicted octanol–water partition coefficient (Wildman–Crippen LogP) is 4.95. The third kappa shape index (κ3) is 6.60. The molecule has 1 fully saturated rings. The van der Waals surface area contributed by atoms with Crippen LogP contribution >= 0.6 is 7.75 Å². The van der Waals surface area contributed by atoms with Gasteiger partial charge < -0.3 is 24.2 Å². The molecule has 4 aromatic rings. The van der Waals surface area contributed by atoms with Crippen molar-refractivity contribution in [2.45, 2.75) is 83.6 Å². The van der Waals surface area contributed by atoms with Gasteiger partial charge in [-0.15, -0.1) is 0 Å². The number of esters is 1. The largest absolute Gasteiger partial charge is 0.465 e. The van der Waals surface area contributed by atoms with Gasteiger partial charge in [0.25, 0.3) is 0 Å². The molecule has 0 saturated carbocycles. The summed E-state index contributed by atoms with van der Waals surface area (Å²) >= 11 is 0. The van der Waals surface area contributed by atoms with Crippen molar-refractivity contribution in [3.05, 3.63) is 66.5 Å².